The Kier molecular flexibility index (Phi) is 5.95. The zero-order valence-corrected chi connectivity index (χ0v) is 18.2. The van der Waals surface area contributed by atoms with E-state index < -0.39 is 12.2 Å². The van der Waals surface area contributed by atoms with E-state index in [1.54, 1.807) is 26.3 Å². The average molecular weight is 438 g/mol. The molecule has 0 spiro atoms. The molecule has 168 valence electrons. The zero-order valence-electron chi connectivity index (χ0n) is 18.2. The number of benzene rings is 1. The maximum Gasteiger partial charge on any atom is 0.407 e. The normalized spacial score (nSPS) is 14.7. The van der Waals surface area contributed by atoms with Gasteiger partial charge in [0.2, 0.25) is 5.95 Å². The van der Waals surface area contributed by atoms with E-state index in [1.165, 1.54) is 4.90 Å². The number of amides is 1. The first kappa shape index (κ1) is 21.6. The maximum atomic E-state index is 11.2. The first-order chi connectivity index (χ1) is 15.3. The Balaban J connectivity index is 1.75. The first-order valence-electron chi connectivity index (χ1n) is 10.3. The molecule has 10 heteroatoms. The molecule has 1 saturated heterocycles. The van der Waals surface area contributed by atoms with Crippen LogP contribution in [0.25, 0.3) is 22.5 Å². The van der Waals surface area contributed by atoms with Crippen LogP contribution in [0, 0.1) is 6.92 Å². The Bertz CT molecular complexity index is 1120. The Hall–Kier alpha value is -3.66. The van der Waals surface area contributed by atoms with Crippen molar-refractivity contribution in [3.63, 3.8) is 0 Å². The van der Waals surface area contributed by atoms with Crippen molar-refractivity contribution in [3.8, 4) is 28.3 Å². The predicted molar refractivity (Wildman–Crippen MR) is 119 cm³/mol. The fourth-order valence-electron chi connectivity index (χ4n) is 3.59. The van der Waals surface area contributed by atoms with Crippen molar-refractivity contribution < 1.29 is 19.7 Å². The van der Waals surface area contributed by atoms with Crippen LogP contribution in [0.2, 0.25) is 0 Å². The van der Waals surface area contributed by atoms with Crippen molar-refractivity contribution in [3.05, 3.63) is 42.2 Å². The van der Waals surface area contributed by atoms with E-state index in [9.17, 15) is 9.90 Å². The molecule has 1 amide bonds. The molecule has 10 nitrogen and oxygen atoms in total. The van der Waals surface area contributed by atoms with Gasteiger partial charge >= 0.3 is 6.09 Å². The van der Waals surface area contributed by atoms with Crippen LogP contribution in [-0.2, 0) is 0 Å². The van der Waals surface area contributed by atoms with Gasteiger partial charge in [0.05, 0.1) is 24.9 Å². The molecule has 1 aliphatic heterocycles. The van der Waals surface area contributed by atoms with E-state index >= 15 is 0 Å². The summed E-state index contributed by atoms with van der Waals surface area (Å²) in [5.74, 6) is 1.13. The fraction of sp³-hybridized carbons (Fsp3) is 0.364. The van der Waals surface area contributed by atoms with Gasteiger partial charge in [-0.25, -0.2) is 14.8 Å². The summed E-state index contributed by atoms with van der Waals surface area (Å²) in [5, 5.41) is 26.5. The quantitative estimate of drug-likeness (QED) is 0.514. The molecule has 1 atom stereocenters. The summed E-state index contributed by atoms with van der Waals surface area (Å²) in [6.07, 6.45) is 2.09. The highest BCUT2D eigenvalue weighted by atomic mass is 16.5. The van der Waals surface area contributed by atoms with Crippen molar-refractivity contribution in [1.82, 2.24) is 24.6 Å². The van der Waals surface area contributed by atoms with Crippen LogP contribution in [0.4, 0.5) is 10.7 Å². The first-order valence-corrected chi connectivity index (χ1v) is 10.3. The Morgan fingerprint density at radius 2 is 2.12 bits per heavy atom. The van der Waals surface area contributed by atoms with E-state index in [-0.39, 0.29) is 6.04 Å². The number of rotatable bonds is 7. The molecule has 4 rings (SSSR count). The summed E-state index contributed by atoms with van der Waals surface area (Å²) in [4.78, 5) is 21.4. The van der Waals surface area contributed by atoms with E-state index in [4.69, 9.17) is 14.9 Å². The number of aryl methyl sites for hydroxylation is 1. The van der Waals surface area contributed by atoms with Crippen LogP contribution < -0.4 is 10.1 Å². The van der Waals surface area contributed by atoms with Gasteiger partial charge in [0.15, 0.2) is 0 Å². The second kappa shape index (κ2) is 8.83. The van der Waals surface area contributed by atoms with Crippen molar-refractivity contribution in [1.29, 1.82) is 0 Å². The third-order valence-electron chi connectivity index (χ3n) is 5.29. The predicted octanol–water partition coefficient (Wildman–Crippen LogP) is 2.65. The number of nitrogens with zero attached hydrogens (tertiary/aromatic N) is 5. The summed E-state index contributed by atoms with van der Waals surface area (Å²) in [6, 6.07) is 7.65. The molecule has 3 N–H and O–H groups in total. The molecular weight excluding hydrogens is 412 g/mol. The van der Waals surface area contributed by atoms with Gasteiger partial charge in [-0.15, -0.1) is 0 Å². The number of aliphatic hydroxyl groups is 1. The van der Waals surface area contributed by atoms with Gasteiger partial charge in [-0.3, -0.25) is 4.68 Å². The number of aromatic nitrogens is 4. The lowest BCUT2D eigenvalue weighted by Crippen LogP contribution is -2.50. The van der Waals surface area contributed by atoms with Crippen LogP contribution in [0.5, 0.6) is 5.75 Å². The number of likely N-dealkylation sites (tertiary alicyclic amines) is 1. The highest BCUT2D eigenvalue weighted by Crippen LogP contribution is 2.35. The largest absolute Gasteiger partial charge is 0.497 e. The number of hydrogen-bond donors (Lipinski definition) is 3. The van der Waals surface area contributed by atoms with Gasteiger partial charge in [0, 0.05) is 43.2 Å². The smallest absolute Gasteiger partial charge is 0.407 e. The monoisotopic (exact) mass is 438 g/mol. The minimum atomic E-state index is -0.929. The third kappa shape index (κ3) is 4.50. The van der Waals surface area contributed by atoms with E-state index in [2.05, 4.69) is 15.3 Å². The molecule has 3 heterocycles. The van der Waals surface area contributed by atoms with Gasteiger partial charge < -0.3 is 25.2 Å². The summed E-state index contributed by atoms with van der Waals surface area (Å²) in [5.41, 5.74) is 4.10. The van der Waals surface area contributed by atoms with Gasteiger partial charge in [-0.05, 0) is 43.7 Å². The lowest BCUT2D eigenvalue weighted by molar-refractivity contribution is 0.0813. The molecule has 0 unspecified atom stereocenters. The average Bonchev–Trinajstić information content (AvgIpc) is 3.15. The zero-order chi connectivity index (χ0) is 22.8. The summed E-state index contributed by atoms with van der Waals surface area (Å²) < 4.78 is 7.25. The molecule has 2 aromatic heterocycles. The van der Waals surface area contributed by atoms with E-state index in [0.29, 0.717) is 31.3 Å². The van der Waals surface area contributed by atoms with Crippen molar-refractivity contribution in [2.24, 2.45) is 0 Å². The maximum absolute atomic E-state index is 11.2. The van der Waals surface area contributed by atoms with E-state index in [1.807, 2.05) is 36.0 Å². The molecule has 1 aromatic carbocycles. The second-order valence-electron chi connectivity index (χ2n) is 7.95. The molecule has 0 radical (unpaired) electrons. The van der Waals surface area contributed by atoms with Crippen LogP contribution in [0.1, 0.15) is 18.5 Å². The van der Waals surface area contributed by atoms with Gasteiger partial charge in [-0.1, -0.05) is 0 Å². The number of methoxy groups -OCH3 is 1. The molecule has 0 saturated carbocycles. The Labute approximate surface area is 185 Å². The number of carboxylic acid groups (broad SMARTS) is 1. The molecule has 1 fully saturated rings. The third-order valence-corrected chi connectivity index (χ3v) is 5.29. The number of aliphatic hydroxyl groups excluding tert-OH is 1. The number of anilines is 1. The minimum absolute atomic E-state index is 0.0417. The molecule has 0 bridgehead atoms. The number of nitrogens with one attached hydrogen (secondary N) is 1. The SMILES string of the molecule is COc1cc(C)cc(-c2nn(C3CN(C(=O)O)C3)cc2-c2ccnc(NC[C@H](C)O)n2)c1. The molecule has 1 aliphatic rings. The van der Waals surface area contributed by atoms with Crippen LogP contribution in [0.15, 0.2) is 36.7 Å². The lowest BCUT2D eigenvalue weighted by atomic mass is 10.0. The standard InChI is InChI=1S/C22H26N6O4/c1-13-6-15(8-17(7-13)32-3)20-18(12-28(26-20)16-10-27(11-16)22(30)31)19-4-5-23-21(25-19)24-9-14(2)29/h4-8,12,14,16,29H,9-11H2,1-3H3,(H,30,31)(H,23,24,25)/t14-/m0/s1. The molecule has 32 heavy (non-hydrogen) atoms. The fourth-order valence-corrected chi connectivity index (χ4v) is 3.59. The van der Waals surface area contributed by atoms with Crippen LogP contribution in [0.3, 0.4) is 0 Å². The number of ether oxygens (including phenoxy) is 1. The Morgan fingerprint density at radius 3 is 2.81 bits per heavy atom. The van der Waals surface area contributed by atoms with Crippen molar-refractivity contribution >= 4 is 12.0 Å². The topological polar surface area (TPSA) is 126 Å². The van der Waals surface area contributed by atoms with Gasteiger partial charge in [0.25, 0.3) is 0 Å². The molecule has 0 aliphatic carbocycles. The molecule has 3 aromatic rings. The second-order valence-corrected chi connectivity index (χ2v) is 7.95. The van der Waals surface area contributed by atoms with Gasteiger partial charge in [-0.2, -0.15) is 5.10 Å². The lowest BCUT2D eigenvalue weighted by Gasteiger charge is -2.36. The van der Waals surface area contributed by atoms with Crippen LogP contribution in [-0.4, -0.2) is 73.8 Å². The number of carbonyl (C=O) groups is 1. The van der Waals surface area contributed by atoms with Crippen molar-refractivity contribution in [2.45, 2.75) is 26.0 Å². The Morgan fingerprint density at radius 1 is 1.34 bits per heavy atom. The summed E-state index contributed by atoms with van der Waals surface area (Å²) >= 11 is 0. The van der Waals surface area contributed by atoms with Crippen molar-refractivity contribution in [2.75, 3.05) is 32.1 Å². The highest BCUT2D eigenvalue weighted by Gasteiger charge is 2.33. The number of hydrogen-bond acceptors (Lipinski definition) is 7. The van der Waals surface area contributed by atoms with E-state index in [0.717, 1.165) is 28.1 Å². The van der Waals surface area contributed by atoms with Gasteiger partial charge in [0.1, 0.15) is 11.4 Å². The highest BCUT2D eigenvalue weighted by molar-refractivity contribution is 5.80. The molecular formula is C22H26N6O4. The summed E-state index contributed by atoms with van der Waals surface area (Å²) in [7, 11) is 1.62. The summed E-state index contributed by atoms with van der Waals surface area (Å²) in [6.45, 7) is 4.78. The minimum Gasteiger partial charge on any atom is -0.497 e. The van der Waals surface area contributed by atoms with Crippen LogP contribution >= 0.6 is 0 Å².